The number of nitrogens with one attached hydrogen (secondary N) is 2. The molecular weight excluding hydrogens is 392 g/mol. The largest absolute Gasteiger partial charge is 0.350 e. The number of halogens is 1. The Kier molecular flexibility index (Phi) is 5.66. The van der Waals surface area contributed by atoms with E-state index in [1.54, 1.807) is 37.3 Å². The minimum absolute atomic E-state index is 0.0306. The summed E-state index contributed by atoms with van der Waals surface area (Å²) in [4.78, 5) is 12.3. The smallest absolute Gasteiger partial charge is 0.261 e. The summed E-state index contributed by atoms with van der Waals surface area (Å²) in [5.41, 5.74) is 1.51. The van der Waals surface area contributed by atoms with E-state index in [9.17, 15) is 13.2 Å². The van der Waals surface area contributed by atoms with Crippen LogP contribution in [0.5, 0.6) is 0 Å². The van der Waals surface area contributed by atoms with Crippen molar-refractivity contribution in [2.45, 2.75) is 31.7 Å². The second kappa shape index (κ2) is 7.36. The van der Waals surface area contributed by atoms with Gasteiger partial charge in [-0.05, 0) is 56.7 Å². The van der Waals surface area contributed by atoms with E-state index in [2.05, 4.69) is 26.0 Å². The zero-order valence-electron chi connectivity index (χ0n) is 13.6. The van der Waals surface area contributed by atoms with Gasteiger partial charge in [-0.3, -0.25) is 9.52 Å². The highest BCUT2D eigenvalue weighted by Crippen LogP contribution is 2.21. The molecule has 0 spiro atoms. The Balaban J connectivity index is 2.35. The van der Waals surface area contributed by atoms with Crippen molar-refractivity contribution in [1.29, 1.82) is 0 Å². The fourth-order valence-electron chi connectivity index (χ4n) is 2.12. The van der Waals surface area contributed by atoms with Crippen molar-refractivity contribution in [2.24, 2.45) is 0 Å². The molecule has 0 saturated heterocycles. The molecule has 0 aliphatic rings. The van der Waals surface area contributed by atoms with E-state index in [1.165, 1.54) is 12.1 Å². The predicted octanol–water partition coefficient (Wildman–Crippen LogP) is 3.70. The number of anilines is 1. The molecule has 0 aliphatic heterocycles. The number of aryl methyl sites for hydroxylation is 1. The van der Waals surface area contributed by atoms with Gasteiger partial charge >= 0.3 is 0 Å². The summed E-state index contributed by atoms with van der Waals surface area (Å²) >= 11 is 3.30. The van der Waals surface area contributed by atoms with Crippen molar-refractivity contribution in [3.63, 3.8) is 0 Å². The van der Waals surface area contributed by atoms with Crippen molar-refractivity contribution in [2.75, 3.05) is 4.72 Å². The zero-order chi connectivity index (χ0) is 17.9. The normalized spacial score (nSPS) is 11.4. The molecule has 128 valence electrons. The van der Waals surface area contributed by atoms with E-state index in [-0.39, 0.29) is 16.8 Å². The van der Waals surface area contributed by atoms with Gasteiger partial charge in [0.1, 0.15) is 0 Å². The van der Waals surface area contributed by atoms with Gasteiger partial charge in [-0.1, -0.05) is 28.1 Å². The third-order valence-electron chi connectivity index (χ3n) is 3.26. The fourth-order valence-corrected chi connectivity index (χ4v) is 3.59. The quantitative estimate of drug-likeness (QED) is 0.788. The van der Waals surface area contributed by atoms with Crippen LogP contribution < -0.4 is 10.0 Å². The highest BCUT2D eigenvalue weighted by atomic mass is 79.9. The Morgan fingerprint density at radius 1 is 1.12 bits per heavy atom. The zero-order valence-corrected chi connectivity index (χ0v) is 16.0. The number of rotatable bonds is 5. The molecule has 0 aromatic heterocycles. The molecule has 24 heavy (non-hydrogen) atoms. The Morgan fingerprint density at radius 3 is 2.46 bits per heavy atom. The summed E-state index contributed by atoms with van der Waals surface area (Å²) in [6.45, 7) is 5.47. The number of sulfonamides is 1. The maximum absolute atomic E-state index is 12.6. The summed E-state index contributed by atoms with van der Waals surface area (Å²) in [5.74, 6) is -0.290. The van der Waals surface area contributed by atoms with Gasteiger partial charge in [0, 0.05) is 21.8 Å². The van der Waals surface area contributed by atoms with Crippen LogP contribution in [0.4, 0.5) is 5.69 Å². The van der Waals surface area contributed by atoms with Crippen LogP contribution in [0.15, 0.2) is 51.8 Å². The molecule has 0 atom stereocenters. The first-order valence-electron chi connectivity index (χ1n) is 7.39. The number of amides is 1. The first kappa shape index (κ1) is 18.5. The van der Waals surface area contributed by atoms with Crippen LogP contribution >= 0.6 is 15.9 Å². The highest BCUT2D eigenvalue weighted by molar-refractivity contribution is 9.10. The number of hydrogen-bond donors (Lipinski definition) is 2. The van der Waals surface area contributed by atoms with E-state index < -0.39 is 10.0 Å². The fraction of sp³-hybridized carbons (Fsp3) is 0.235. The first-order valence-corrected chi connectivity index (χ1v) is 9.66. The lowest BCUT2D eigenvalue weighted by Gasteiger charge is -2.13. The Hall–Kier alpha value is -1.86. The summed E-state index contributed by atoms with van der Waals surface area (Å²) in [6.07, 6.45) is 0. The van der Waals surface area contributed by atoms with Crippen LogP contribution in [0.3, 0.4) is 0 Å². The van der Waals surface area contributed by atoms with E-state index in [0.29, 0.717) is 11.3 Å². The van der Waals surface area contributed by atoms with Crippen molar-refractivity contribution in [3.05, 3.63) is 58.1 Å². The number of carbonyl (C=O) groups is 1. The maximum Gasteiger partial charge on any atom is 0.261 e. The second-order valence-electron chi connectivity index (χ2n) is 5.72. The van der Waals surface area contributed by atoms with Crippen LogP contribution in [-0.4, -0.2) is 20.4 Å². The van der Waals surface area contributed by atoms with E-state index >= 15 is 0 Å². The molecule has 5 nitrogen and oxygen atoms in total. The molecule has 1 amide bonds. The van der Waals surface area contributed by atoms with Crippen molar-refractivity contribution in [1.82, 2.24) is 5.32 Å². The maximum atomic E-state index is 12.6. The van der Waals surface area contributed by atoms with Crippen molar-refractivity contribution >= 4 is 37.5 Å². The van der Waals surface area contributed by atoms with Gasteiger partial charge in [0.05, 0.1) is 4.90 Å². The molecule has 0 bridgehead atoms. The third-order valence-corrected chi connectivity index (χ3v) is 5.13. The van der Waals surface area contributed by atoms with E-state index in [1.807, 2.05) is 13.8 Å². The number of benzene rings is 2. The standard InChI is InChI=1S/C17H19BrN2O3S/c1-11(2)19-17(21)16-10-15(8-7-12(16)3)24(22,23)20-14-6-4-5-13(18)9-14/h4-11,20H,1-3H3,(H,19,21). The summed E-state index contributed by atoms with van der Waals surface area (Å²) < 4.78 is 28.4. The molecule has 7 heteroatoms. The van der Waals surface area contributed by atoms with Crippen LogP contribution in [-0.2, 0) is 10.0 Å². The molecule has 0 radical (unpaired) electrons. The van der Waals surface area contributed by atoms with Gasteiger partial charge in [0.15, 0.2) is 0 Å². The van der Waals surface area contributed by atoms with Gasteiger partial charge in [-0.25, -0.2) is 8.42 Å². The average molecular weight is 411 g/mol. The van der Waals surface area contributed by atoms with E-state index in [4.69, 9.17) is 0 Å². The first-order chi connectivity index (χ1) is 11.2. The molecule has 2 aromatic rings. The average Bonchev–Trinajstić information content (AvgIpc) is 2.46. The van der Waals surface area contributed by atoms with Gasteiger partial charge < -0.3 is 5.32 Å². The van der Waals surface area contributed by atoms with Gasteiger partial charge in [0.25, 0.3) is 15.9 Å². The lowest BCUT2D eigenvalue weighted by atomic mass is 10.1. The molecule has 2 aromatic carbocycles. The number of hydrogen-bond acceptors (Lipinski definition) is 3. The topological polar surface area (TPSA) is 75.3 Å². The van der Waals surface area contributed by atoms with E-state index in [0.717, 1.165) is 10.0 Å². The minimum atomic E-state index is -3.78. The summed E-state index contributed by atoms with van der Waals surface area (Å²) in [5, 5.41) is 2.78. The lowest BCUT2D eigenvalue weighted by molar-refractivity contribution is 0.0942. The summed E-state index contributed by atoms with van der Waals surface area (Å²) in [6, 6.07) is 11.3. The van der Waals surface area contributed by atoms with Crippen LogP contribution in [0.25, 0.3) is 0 Å². The molecule has 0 saturated carbocycles. The Bertz CT molecular complexity index is 864. The molecule has 0 aliphatic carbocycles. The van der Waals surface area contributed by atoms with Gasteiger partial charge in [-0.2, -0.15) is 0 Å². The van der Waals surface area contributed by atoms with Crippen LogP contribution in [0.2, 0.25) is 0 Å². The molecule has 0 unspecified atom stereocenters. The Morgan fingerprint density at radius 2 is 1.83 bits per heavy atom. The van der Waals surface area contributed by atoms with Crippen LogP contribution in [0.1, 0.15) is 29.8 Å². The molecule has 2 rings (SSSR count). The van der Waals surface area contributed by atoms with Crippen LogP contribution in [0, 0.1) is 6.92 Å². The molecule has 0 fully saturated rings. The van der Waals surface area contributed by atoms with Crippen molar-refractivity contribution in [3.8, 4) is 0 Å². The second-order valence-corrected chi connectivity index (χ2v) is 8.32. The predicted molar refractivity (Wildman–Crippen MR) is 98.7 cm³/mol. The third kappa shape index (κ3) is 4.58. The molecule has 2 N–H and O–H groups in total. The Labute approximate surface area is 150 Å². The minimum Gasteiger partial charge on any atom is -0.350 e. The summed E-state index contributed by atoms with van der Waals surface area (Å²) in [7, 11) is -3.78. The SMILES string of the molecule is Cc1ccc(S(=O)(=O)Nc2cccc(Br)c2)cc1C(=O)NC(C)C. The van der Waals surface area contributed by atoms with Crippen molar-refractivity contribution < 1.29 is 13.2 Å². The number of carbonyl (C=O) groups excluding carboxylic acids is 1. The van der Waals surface area contributed by atoms with Gasteiger partial charge in [-0.15, -0.1) is 0 Å². The molecule has 0 heterocycles. The molecular formula is C17H19BrN2O3S. The monoisotopic (exact) mass is 410 g/mol. The van der Waals surface area contributed by atoms with Gasteiger partial charge in [0.2, 0.25) is 0 Å². The lowest BCUT2D eigenvalue weighted by Crippen LogP contribution is -2.30. The highest BCUT2D eigenvalue weighted by Gasteiger charge is 2.18.